The summed E-state index contributed by atoms with van der Waals surface area (Å²) in [6.07, 6.45) is 1.70. The average Bonchev–Trinajstić information content (AvgIpc) is 2.36. The molecule has 3 nitrogen and oxygen atoms in total. The highest BCUT2D eigenvalue weighted by Crippen LogP contribution is 2.28. The summed E-state index contributed by atoms with van der Waals surface area (Å²) in [5.74, 6) is 1.14. The molecule has 0 amide bonds. The predicted molar refractivity (Wildman–Crippen MR) is 80.0 cm³/mol. The van der Waals surface area contributed by atoms with Crippen molar-refractivity contribution in [3.63, 3.8) is 0 Å². The molecular weight excluding hydrogens is 328 g/mol. The van der Waals surface area contributed by atoms with Crippen LogP contribution in [0.25, 0.3) is 0 Å². The van der Waals surface area contributed by atoms with Gasteiger partial charge in [0.15, 0.2) is 0 Å². The molecule has 0 aliphatic carbocycles. The number of halogens is 2. The third-order valence-electron chi connectivity index (χ3n) is 2.82. The lowest BCUT2D eigenvalue weighted by Gasteiger charge is -2.09. The summed E-state index contributed by atoms with van der Waals surface area (Å²) in [6, 6.07) is 4.24. The summed E-state index contributed by atoms with van der Waals surface area (Å²) in [7, 11) is 0. The van der Waals surface area contributed by atoms with Gasteiger partial charge in [0.1, 0.15) is 5.75 Å². The standard InChI is InChI=1S/C14H14BrClN2O/c1-8-4-12(5-9(2)13(8)15)19-14-17-7-11(6-16)10(3)18-14/h4-5,7H,6H2,1-3H3. The highest BCUT2D eigenvalue weighted by atomic mass is 79.9. The minimum absolute atomic E-state index is 0.340. The lowest BCUT2D eigenvalue weighted by Crippen LogP contribution is -1.97. The van der Waals surface area contributed by atoms with Crippen molar-refractivity contribution in [2.24, 2.45) is 0 Å². The van der Waals surface area contributed by atoms with Gasteiger partial charge < -0.3 is 4.74 Å². The van der Waals surface area contributed by atoms with Crippen molar-refractivity contribution < 1.29 is 4.74 Å². The van der Waals surface area contributed by atoms with Crippen molar-refractivity contribution in [3.05, 3.63) is 45.2 Å². The van der Waals surface area contributed by atoms with E-state index in [1.165, 1.54) is 0 Å². The van der Waals surface area contributed by atoms with Crippen molar-refractivity contribution in [2.45, 2.75) is 26.7 Å². The summed E-state index contributed by atoms with van der Waals surface area (Å²) in [5.41, 5.74) is 3.98. The van der Waals surface area contributed by atoms with Crippen molar-refractivity contribution >= 4 is 27.5 Å². The normalized spacial score (nSPS) is 10.6. The average molecular weight is 342 g/mol. The molecule has 100 valence electrons. The first-order valence-electron chi connectivity index (χ1n) is 5.84. The number of hydrogen-bond donors (Lipinski definition) is 0. The van der Waals surface area contributed by atoms with Crippen LogP contribution in [-0.4, -0.2) is 9.97 Å². The molecule has 0 aliphatic rings. The first-order chi connectivity index (χ1) is 9.01. The Morgan fingerprint density at radius 1 is 1.21 bits per heavy atom. The second kappa shape index (κ2) is 5.88. The number of benzene rings is 1. The molecule has 0 spiro atoms. The fourth-order valence-corrected chi connectivity index (χ4v) is 2.21. The number of nitrogens with zero attached hydrogens (tertiary/aromatic N) is 2. The van der Waals surface area contributed by atoms with E-state index in [0.717, 1.165) is 32.6 Å². The van der Waals surface area contributed by atoms with E-state index in [4.69, 9.17) is 16.3 Å². The number of aryl methyl sites for hydroxylation is 3. The van der Waals surface area contributed by atoms with Crippen LogP contribution in [0.4, 0.5) is 0 Å². The topological polar surface area (TPSA) is 35.0 Å². The quantitative estimate of drug-likeness (QED) is 0.759. The lowest BCUT2D eigenvalue weighted by molar-refractivity contribution is 0.439. The van der Waals surface area contributed by atoms with Crippen LogP contribution in [0.2, 0.25) is 0 Å². The summed E-state index contributed by atoms with van der Waals surface area (Å²) in [4.78, 5) is 8.45. The summed E-state index contributed by atoms with van der Waals surface area (Å²) in [6.45, 7) is 5.93. The fourth-order valence-electron chi connectivity index (χ4n) is 1.72. The summed E-state index contributed by atoms with van der Waals surface area (Å²) >= 11 is 9.31. The molecule has 1 aromatic carbocycles. The van der Waals surface area contributed by atoms with Gasteiger partial charge in [-0.05, 0) is 44.0 Å². The van der Waals surface area contributed by atoms with Gasteiger partial charge in [0.05, 0.1) is 5.88 Å². The van der Waals surface area contributed by atoms with Crippen molar-refractivity contribution in [2.75, 3.05) is 0 Å². The molecule has 2 aromatic rings. The molecule has 0 radical (unpaired) electrons. The van der Waals surface area contributed by atoms with Gasteiger partial charge in [0, 0.05) is 21.9 Å². The fraction of sp³-hybridized carbons (Fsp3) is 0.286. The van der Waals surface area contributed by atoms with Crippen molar-refractivity contribution in [1.82, 2.24) is 9.97 Å². The Morgan fingerprint density at radius 3 is 2.37 bits per heavy atom. The second-order valence-electron chi connectivity index (χ2n) is 4.37. The third-order valence-corrected chi connectivity index (χ3v) is 4.36. The van der Waals surface area contributed by atoms with E-state index in [1.54, 1.807) is 6.20 Å². The van der Waals surface area contributed by atoms with Gasteiger partial charge in [0.2, 0.25) is 0 Å². The molecule has 0 saturated heterocycles. The van der Waals surface area contributed by atoms with E-state index >= 15 is 0 Å². The second-order valence-corrected chi connectivity index (χ2v) is 5.43. The van der Waals surface area contributed by atoms with Gasteiger partial charge in [-0.1, -0.05) is 15.9 Å². The van der Waals surface area contributed by atoms with Crippen molar-refractivity contribution in [3.8, 4) is 11.8 Å². The zero-order valence-corrected chi connectivity index (χ0v) is 13.3. The molecule has 1 heterocycles. The Labute approximate surface area is 126 Å². The minimum Gasteiger partial charge on any atom is -0.424 e. The summed E-state index contributed by atoms with van der Waals surface area (Å²) in [5, 5.41) is 0. The SMILES string of the molecule is Cc1cc(Oc2ncc(CCl)c(C)n2)cc(C)c1Br. The zero-order valence-electron chi connectivity index (χ0n) is 11.0. The van der Waals surface area contributed by atoms with Crippen LogP contribution in [0.5, 0.6) is 11.8 Å². The van der Waals surface area contributed by atoms with Gasteiger partial charge in [0.25, 0.3) is 0 Å². The Bertz CT molecular complexity index is 593. The van der Waals surface area contributed by atoms with Gasteiger partial charge in [-0.3, -0.25) is 0 Å². The van der Waals surface area contributed by atoms with Crippen LogP contribution in [-0.2, 0) is 5.88 Å². The highest BCUT2D eigenvalue weighted by molar-refractivity contribution is 9.10. The van der Waals surface area contributed by atoms with Gasteiger partial charge >= 0.3 is 6.01 Å². The van der Waals surface area contributed by atoms with E-state index < -0.39 is 0 Å². The maximum absolute atomic E-state index is 5.78. The van der Waals surface area contributed by atoms with E-state index in [1.807, 2.05) is 32.9 Å². The van der Waals surface area contributed by atoms with E-state index in [-0.39, 0.29) is 0 Å². The molecule has 2 rings (SSSR count). The number of aromatic nitrogens is 2. The Hall–Kier alpha value is -1.13. The van der Waals surface area contributed by atoms with Crippen LogP contribution >= 0.6 is 27.5 Å². The van der Waals surface area contributed by atoms with Gasteiger partial charge in [-0.15, -0.1) is 11.6 Å². The number of ether oxygens (including phenoxy) is 1. The molecule has 0 unspecified atom stereocenters. The third kappa shape index (κ3) is 3.25. The van der Waals surface area contributed by atoms with Gasteiger partial charge in [-0.2, -0.15) is 4.98 Å². The predicted octanol–water partition coefficient (Wildman–Crippen LogP) is 4.70. The minimum atomic E-state index is 0.340. The number of hydrogen-bond acceptors (Lipinski definition) is 3. The molecule has 0 bridgehead atoms. The maximum Gasteiger partial charge on any atom is 0.322 e. The monoisotopic (exact) mass is 340 g/mol. The van der Waals surface area contributed by atoms with Crippen molar-refractivity contribution in [1.29, 1.82) is 0 Å². The smallest absolute Gasteiger partial charge is 0.322 e. The van der Waals surface area contributed by atoms with Gasteiger partial charge in [-0.25, -0.2) is 4.98 Å². The lowest BCUT2D eigenvalue weighted by atomic mass is 10.1. The van der Waals surface area contributed by atoms with Crippen LogP contribution in [0.3, 0.4) is 0 Å². The maximum atomic E-state index is 5.78. The van der Waals surface area contributed by atoms with E-state index in [0.29, 0.717) is 11.9 Å². The number of alkyl halides is 1. The Morgan fingerprint density at radius 2 is 1.84 bits per heavy atom. The van der Waals surface area contributed by atoms with Crippen LogP contribution in [0, 0.1) is 20.8 Å². The first kappa shape index (κ1) is 14.3. The molecule has 0 aliphatic heterocycles. The molecule has 19 heavy (non-hydrogen) atoms. The molecule has 5 heteroatoms. The largest absolute Gasteiger partial charge is 0.424 e. The van der Waals surface area contributed by atoms with E-state index in [2.05, 4.69) is 25.9 Å². The van der Waals surface area contributed by atoms with E-state index in [9.17, 15) is 0 Å². The highest BCUT2D eigenvalue weighted by Gasteiger charge is 2.07. The number of rotatable bonds is 3. The molecule has 1 aromatic heterocycles. The summed E-state index contributed by atoms with van der Waals surface area (Å²) < 4.78 is 6.78. The molecule has 0 saturated carbocycles. The Balaban J connectivity index is 2.29. The molecule has 0 fully saturated rings. The van der Waals surface area contributed by atoms with Crippen LogP contribution < -0.4 is 4.74 Å². The zero-order chi connectivity index (χ0) is 14.0. The molecule has 0 N–H and O–H groups in total. The molecule has 0 atom stereocenters. The van der Waals surface area contributed by atoms with Crippen LogP contribution in [0.15, 0.2) is 22.8 Å². The Kier molecular flexibility index (Phi) is 4.42. The molecular formula is C14H14BrClN2O. The first-order valence-corrected chi connectivity index (χ1v) is 7.17. The van der Waals surface area contributed by atoms with Crippen LogP contribution in [0.1, 0.15) is 22.4 Å².